The van der Waals surface area contributed by atoms with Gasteiger partial charge in [0.1, 0.15) is 5.82 Å². The Balaban J connectivity index is 2.15. The summed E-state index contributed by atoms with van der Waals surface area (Å²) in [6.45, 7) is 1.10. The Morgan fingerprint density at radius 3 is 2.89 bits per heavy atom. The molecule has 0 aromatic carbocycles. The van der Waals surface area contributed by atoms with Gasteiger partial charge in [0.25, 0.3) is 0 Å². The number of aromatic carboxylic acids is 1. The highest BCUT2D eigenvalue weighted by Gasteiger charge is 2.23. The molecule has 2 rings (SSSR count). The second-order valence-electron chi connectivity index (χ2n) is 4.57. The molecule has 0 bridgehead atoms. The zero-order valence-corrected chi connectivity index (χ0v) is 10.2. The summed E-state index contributed by atoms with van der Waals surface area (Å²) in [7, 11) is 0. The van der Waals surface area contributed by atoms with Crippen molar-refractivity contribution in [3.63, 3.8) is 0 Å². The maximum absolute atomic E-state index is 10.8. The minimum absolute atomic E-state index is 0.175. The fourth-order valence-corrected chi connectivity index (χ4v) is 2.43. The molecule has 0 amide bonds. The van der Waals surface area contributed by atoms with Crippen molar-refractivity contribution in [2.45, 2.75) is 31.7 Å². The van der Waals surface area contributed by atoms with Crippen LogP contribution in [0, 0.1) is 0 Å². The number of pyridine rings is 1. The van der Waals surface area contributed by atoms with Gasteiger partial charge in [0.2, 0.25) is 0 Å². The van der Waals surface area contributed by atoms with Gasteiger partial charge < -0.3 is 15.1 Å². The van der Waals surface area contributed by atoms with Crippen LogP contribution in [0.1, 0.15) is 36.0 Å². The molecule has 0 spiro atoms. The number of carboxylic acid groups (broad SMARTS) is 1. The van der Waals surface area contributed by atoms with Gasteiger partial charge in [-0.05, 0) is 37.8 Å². The van der Waals surface area contributed by atoms with E-state index in [4.69, 9.17) is 10.2 Å². The first kappa shape index (κ1) is 12.8. The van der Waals surface area contributed by atoms with Crippen LogP contribution in [0.25, 0.3) is 0 Å². The Bertz CT molecular complexity index is 403. The fourth-order valence-electron chi connectivity index (χ4n) is 2.43. The molecule has 18 heavy (non-hydrogen) atoms. The summed E-state index contributed by atoms with van der Waals surface area (Å²) in [5, 5.41) is 17.9. The molecule has 2 N–H and O–H groups in total. The number of nitrogens with zero attached hydrogens (tertiary/aromatic N) is 2. The van der Waals surface area contributed by atoms with E-state index in [1.807, 2.05) is 0 Å². The second kappa shape index (κ2) is 5.82. The number of piperidine rings is 1. The maximum atomic E-state index is 10.8. The summed E-state index contributed by atoms with van der Waals surface area (Å²) in [5.41, 5.74) is 0.203. The normalized spacial score (nSPS) is 19.8. The van der Waals surface area contributed by atoms with E-state index in [1.54, 1.807) is 12.1 Å². The standard InChI is InChI=1S/C13H18N2O3/c16-8-6-11-3-1-2-7-15(11)12-5-4-10(9-14-12)13(17)18/h4-5,9,11,16H,1-3,6-8H2,(H,17,18). The van der Waals surface area contributed by atoms with E-state index in [-0.39, 0.29) is 12.2 Å². The Hall–Kier alpha value is -1.62. The lowest BCUT2D eigenvalue weighted by Crippen LogP contribution is -2.40. The highest BCUT2D eigenvalue weighted by Crippen LogP contribution is 2.24. The molecular weight excluding hydrogens is 232 g/mol. The fraction of sp³-hybridized carbons (Fsp3) is 0.538. The zero-order valence-electron chi connectivity index (χ0n) is 10.2. The van der Waals surface area contributed by atoms with Gasteiger partial charge in [0.15, 0.2) is 0 Å². The first-order valence-corrected chi connectivity index (χ1v) is 6.29. The monoisotopic (exact) mass is 250 g/mol. The SMILES string of the molecule is O=C(O)c1ccc(N2CCCCC2CCO)nc1. The van der Waals surface area contributed by atoms with Gasteiger partial charge in [0.05, 0.1) is 5.56 Å². The Morgan fingerprint density at radius 2 is 2.28 bits per heavy atom. The number of aliphatic hydroxyl groups is 1. The first-order valence-electron chi connectivity index (χ1n) is 6.29. The molecule has 1 unspecified atom stereocenters. The highest BCUT2D eigenvalue weighted by molar-refractivity contribution is 5.87. The van der Waals surface area contributed by atoms with Crippen LogP contribution in [0.2, 0.25) is 0 Å². The van der Waals surface area contributed by atoms with E-state index in [0.717, 1.165) is 31.6 Å². The number of aromatic nitrogens is 1. The number of aliphatic hydroxyl groups excluding tert-OH is 1. The molecule has 98 valence electrons. The van der Waals surface area contributed by atoms with Gasteiger partial charge in [-0.2, -0.15) is 0 Å². The number of anilines is 1. The molecule has 2 heterocycles. The van der Waals surface area contributed by atoms with Crippen LogP contribution in [0.15, 0.2) is 18.3 Å². The van der Waals surface area contributed by atoms with E-state index in [2.05, 4.69) is 9.88 Å². The van der Waals surface area contributed by atoms with Crippen LogP contribution in [-0.4, -0.2) is 40.4 Å². The van der Waals surface area contributed by atoms with Crippen molar-refractivity contribution in [1.82, 2.24) is 4.98 Å². The predicted octanol–water partition coefficient (Wildman–Crippen LogP) is 1.52. The van der Waals surface area contributed by atoms with Gasteiger partial charge in [-0.15, -0.1) is 0 Å². The minimum atomic E-state index is -0.959. The van der Waals surface area contributed by atoms with Crippen LogP contribution in [-0.2, 0) is 0 Å². The summed E-state index contributed by atoms with van der Waals surface area (Å²) in [4.78, 5) is 17.2. The molecular formula is C13H18N2O3. The van der Waals surface area contributed by atoms with Crippen molar-refractivity contribution in [3.05, 3.63) is 23.9 Å². The quantitative estimate of drug-likeness (QED) is 0.847. The van der Waals surface area contributed by atoms with E-state index < -0.39 is 5.97 Å². The summed E-state index contributed by atoms with van der Waals surface area (Å²) in [5.74, 6) is -0.155. The average Bonchev–Trinajstić information content (AvgIpc) is 2.40. The topological polar surface area (TPSA) is 73.7 Å². The predicted molar refractivity (Wildman–Crippen MR) is 67.9 cm³/mol. The molecule has 5 heteroatoms. The summed E-state index contributed by atoms with van der Waals surface area (Å²) in [6, 6.07) is 3.64. The van der Waals surface area contributed by atoms with Gasteiger partial charge in [-0.25, -0.2) is 9.78 Å². The summed E-state index contributed by atoms with van der Waals surface area (Å²) in [6.07, 6.45) is 5.48. The first-order chi connectivity index (χ1) is 8.72. The molecule has 5 nitrogen and oxygen atoms in total. The summed E-state index contributed by atoms with van der Waals surface area (Å²) >= 11 is 0. The van der Waals surface area contributed by atoms with Gasteiger partial charge in [-0.1, -0.05) is 0 Å². The van der Waals surface area contributed by atoms with Gasteiger partial charge >= 0.3 is 5.97 Å². The van der Waals surface area contributed by atoms with Crippen molar-refractivity contribution in [1.29, 1.82) is 0 Å². The summed E-state index contributed by atoms with van der Waals surface area (Å²) < 4.78 is 0. The number of carbonyl (C=O) groups is 1. The molecule has 1 fully saturated rings. The minimum Gasteiger partial charge on any atom is -0.478 e. The lowest BCUT2D eigenvalue weighted by atomic mass is 9.99. The van der Waals surface area contributed by atoms with Crippen molar-refractivity contribution in [2.75, 3.05) is 18.1 Å². The maximum Gasteiger partial charge on any atom is 0.337 e. The lowest BCUT2D eigenvalue weighted by Gasteiger charge is -2.36. The zero-order chi connectivity index (χ0) is 13.0. The van der Waals surface area contributed by atoms with Crippen molar-refractivity contribution in [3.8, 4) is 0 Å². The third-order valence-corrected chi connectivity index (χ3v) is 3.38. The number of hydrogen-bond donors (Lipinski definition) is 2. The van der Waals surface area contributed by atoms with Crippen LogP contribution in [0.4, 0.5) is 5.82 Å². The second-order valence-corrected chi connectivity index (χ2v) is 4.57. The van der Waals surface area contributed by atoms with E-state index in [1.165, 1.54) is 12.6 Å². The lowest BCUT2D eigenvalue weighted by molar-refractivity contribution is 0.0696. The van der Waals surface area contributed by atoms with Crippen LogP contribution in [0.5, 0.6) is 0 Å². The molecule has 1 aliphatic rings. The van der Waals surface area contributed by atoms with E-state index in [9.17, 15) is 4.79 Å². The smallest absolute Gasteiger partial charge is 0.337 e. The third-order valence-electron chi connectivity index (χ3n) is 3.38. The number of hydrogen-bond acceptors (Lipinski definition) is 4. The highest BCUT2D eigenvalue weighted by atomic mass is 16.4. The Kier molecular flexibility index (Phi) is 4.15. The van der Waals surface area contributed by atoms with Crippen LogP contribution < -0.4 is 4.90 Å². The van der Waals surface area contributed by atoms with Crippen molar-refractivity contribution >= 4 is 11.8 Å². The van der Waals surface area contributed by atoms with E-state index >= 15 is 0 Å². The van der Waals surface area contributed by atoms with Crippen molar-refractivity contribution < 1.29 is 15.0 Å². The molecule has 0 aliphatic carbocycles. The Labute approximate surface area is 106 Å². The number of rotatable bonds is 4. The van der Waals surface area contributed by atoms with Crippen LogP contribution >= 0.6 is 0 Å². The van der Waals surface area contributed by atoms with Gasteiger partial charge in [-0.3, -0.25) is 0 Å². The molecule has 1 aromatic rings. The third kappa shape index (κ3) is 2.79. The molecule has 0 saturated carbocycles. The number of carboxylic acids is 1. The molecule has 1 aliphatic heterocycles. The largest absolute Gasteiger partial charge is 0.478 e. The molecule has 1 saturated heterocycles. The molecule has 1 aromatic heterocycles. The average molecular weight is 250 g/mol. The van der Waals surface area contributed by atoms with Gasteiger partial charge in [0, 0.05) is 25.4 Å². The van der Waals surface area contributed by atoms with E-state index in [0.29, 0.717) is 6.04 Å². The Morgan fingerprint density at radius 1 is 1.44 bits per heavy atom. The molecule has 1 atom stereocenters. The van der Waals surface area contributed by atoms with Crippen LogP contribution in [0.3, 0.4) is 0 Å². The molecule has 0 radical (unpaired) electrons. The van der Waals surface area contributed by atoms with Crippen molar-refractivity contribution in [2.24, 2.45) is 0 Å².